The number of carbonyl (C=O) groups excluding carboxylic acids is 1. The van der Waals surface area contributed by atoms with Crippen molar-refractivity contribution in [1.29, 1.82) is 0 Å². The molecule has 168 valence electrons. The largest absolute Gasteiger partial charge is 0.493 e. The number of rotatable bonds is 9. The maximum absolute atomic E-state index is 11.0. The molecule has 0 saturated carbocycles. The molecule has 0 aliphatic heterocycles. The molecule has 10 heteroatoms. The summed E-state index contributed by atoms with van der Waals surface area (Å²) < 4.78 is 32.2. The van der Waals surface area contributed by atoms with Gasteiger partial charge in [0.05, 0.1) is 34.6 Å². The molecule has 0 aliphatic rings. The van der Waals surface area contributed by atoms with Crippen LogP contribution in [0.15, 0.2) is 46.8 Å². The van der Waals surface area contributed by atoms with Gasteiger partial charge in [-0.3, -0.25) is 0 Å². The number of methoxy groups -OCH3 is 4. The molecular weight excluding hydrogens is 422 g/mol. The summed E-state index contributed by atoms with van der Waals surface area (Å²) in [5.41, 5.74) is 1.76. The molecule has 3 aromatic rings. The first-order valence-corrected chi connectivity index (χ1v) is 9.19. The fraction of sp³-hybridized carbons (Fsp3) is 0.227. The molecule has 0 fully saturated rings. The lowest BCUT2D eigenvalue weighted by Gasteiger charge is -2.14. The van der Waals surface area contributed by atoms with Crippen LogP contribution in [0.1, 0.15) is 0 Å². The summed E-state index contributed by atoms with van der Waals surface area (Å²) in [6, 6.07) is 8.26. The first-order valence-electron chi connectivity index (χ1n) is 9.19. The molecule has 1 heterocycles. The van der Waals surface area contributed by atoms with Crippen LogP contribution in [-0.4, -0.2) is 56.0 Å². The summed E-state index contributed by atoms with van der Waals surface area (Å²) >= 11 is 0. The van der Waals surface area contributed by atoms with Crippen LogP contribution < -0.4 is 23.7 Å². The van der Waals surface area contributed by atoms with E-state index in [1.54, 1.807) is 24.3 Å². The minimum atomic E-state index is -2.13. The summed E-state index contributed by atoms with van der Waals surface area (Å²) in [5, 5.41) is 22.4. The SMILES string of the molecule is COc1ccc(-c2cnoc2-c2cc(OC)c(OC)c(OC)c2)cc1OC(=C=O)C(O)O. The Bertz CT molecular complexity index is 1120. The van der Waals surface area contributed by atoms with E-state index in [2.05, 4.69) is 5.16 Å². The Balaban J connectivity index is 2.11. The van der Waals surface area contributed by atoms with Gasteiger partial charge in [0, 0.05) is 11.1 Å². The molecule has 3 rings (SSSR count). The van der Waals surface area contributed by atoms with Crippen molar-refractivity contribution in [1.82, 2.24) is 5.16 Å². The Hall–Kier alpha value is -3.98. The molecule has 0 spiro atoms. The third-order valence-corrected chi connectivity index (χ3v) is 4.53. The molecule has 0 saturated heterocycles. The second-order valence-electron chi connectivity index (χ2n) is 6.29. The Labute approximate surface area is 183 Å². The second kappa shape index (κ2) is 9.88. The molecule has 0 radical (unpaired) electrons. The number of hydrogen-bond acceptors (Lipinski definition) is 10. The number of ether oxygens (including phenoxy) is 5. The highest BCUT2D eigenvalue weighted by molar-refractivity contribution is 5.82. The van der Waals surface area contributed by atoms with Crippen LogP contribution in [0, 0.1) is 0 Å². The molecule has 0 aliphatic carbocycles. The van der Waals surface area contributed by atoms with Gasteiger partial charge in [-0.05, 0) is 29.8 Å². The predicted molar refractivity (Wildman–Crippen MR) is 112 cm³/mol. The van der Waals surface area contributed by atoms with Crippen molar-refractivity contribution in [2.24, 2.45) is 0 Å². The summed E-state index contributed by atoms with van der Waals surface area (Å²) in [5.74, 6) is 2.64. The Morgan fingerprint density at radius 2 is 1.53 bits per heavy atom. The summed E-state index contributed by atoms with van der Waals surface area (Å²) in [6.07, 6.45) is -0.632. The van der Waals surface area contributed by atoms with E-state index in [0.717, 1.165) is 0 Å². The standard InChI is InChI=1S/C22H21NO9/c1-27-15-6-5-12(7-16(15)31-19(11-24)22(25)26)14-10-23-32-20(14)13-8-17(28-2)21(30-4)18(9-13)29-3/h5-10,22,25-26H,1-4H3. The van der Waals surface area contributed by atoms with Gasteiger partial charge < -0.3 is 38.4 Å². The number of aliphatic hydroxyl groups is 2. The van der Waals surface area contributed by atoms with Gasteiger partial charge in [0.1, 0.15) is 0 Å². The molecule has 0 bridgehead atoms. The van der Waals surface area contributed by atoms with Gasteiger partial charge in [-0.25, -0.2) is 4.79 Å². The monoisotopic (exact) mass is 443 g/mol. The Morgan fingerprint density at radius 1 is 0.906 bits per heavy atom. The lowest BCUT2D eigenvalue weighted by molar-refractivity contribution is -0.0312. The topological polar surface area (TPSA) is 130 Å². The number of aromatic nitrogens is 1. The molecule has 2 N–H and O–H groups in total. The number of benzene rings is 2. The average Bonchev–Trinajstić information content (AvgIpc) is 3.31. The van der Waals surface area contributed by atoms with Gasteiger partial charge in [0.25, 0.3) is 0 Å². The van der Waals surface area contributed by atoms with Crippen LogP contribution in [0.25, 0.3) is 22.5 Å². The van der Waals surface area contributed by atoms with Crippen LogP contribution in [-0.2, 0) is 4.79 Å². The van der Waals surface area contributed by atoms with Crippen LogP contribution >= 0.6 is 0 Å². The zero-order valence-corrected chi connectivity index (χ0v) is 17.7. The number of aliphatic hydroxyl groups excluding tert-OH is 1. The number of hydrogen-bond donors (Lipinski definition) is 2. The van der Waals surface area contributed by atoms with Crippen LogP contribution in [0.4, 0.5) is 0 Å². The van der Waals surface area contributed by atoms with E-state index in [1.807, 2.05) is 0 Å². The minimum absolute atomic E-state index is 0.0634. The molecule has 0 amide bonds. The van der Waals surface area contributed by atoms with Gasteiger partial charge in [-0.1, -0.05) is 11.2 Å². The van der Waals surface area contributed by atoms with Crippen LogP contribution in [0.5, 0.6) is 28.7 Å². The van der Waals surface area contributed by atoms with Gasteiger partial charge in [0.2, 0.25) is 17.8 Å². The van der Waals surface area contributed by atoms with Crippen molar-refractivity contribution in [3.05, 3.63) is 42.3 Å². The van der Waals surface area contributed by atoms with E-state index in [9.17, 15) is 15.0 Å². The van der Waals surface area contributed by atoms with Gasteiger partial charge in [-0.15, -0.1) is 0 Å². The highest BCUT2D eigenvalue weighted by Gasteiger charge is 2.21. The molecule has 1 aromatic heterocycles. The van der Waals surface area contributed by atoms with Crippen molar-refractivity contribution in [2.45, 2.75) is 6.29 Å². The van der Waals surface area contributed by atoms with Crippen molar-refractivity contribution in [3.8, 4) is 51.2 Å². The van der Waals surface area contributed by atoms with E-state index < -0.39 is 12.0 Å². The summed E-state index contributed by atoms with van der Waals surface area (Å²) in [6.45, 7) is 0. The lowest BCUT2D eigenvalue weighted by atomic mass is 10.0. The quantitative estimate of drug-likeness (QED) is 0.289. The molecular formula is C22H21NO9. The van der Waals surface area contributed by atoms with E-state index >= 15 is 0 Å². The molecule has 32 heavy (non-hydrogen) atoms. The van der Waals surface area contributed by atoms with Crippen LogP contribution in [0.2, 0.25) is 0 Å². The smallest absolute Gasteiger partial charge is 0.243 e. The van der Waals surface area contributed by atoms with Crippen molar-refractivity contribution >= 4 is 5.94 Å². The highest BCUT2D eigenvalue weighted by atomic mass is 16.6. The van der Waals surface area contributed by atoms with Crippen molar-refractivity contribution in [2.75, 3.05) is 28.4 Å². The van der Waals surface area contributed by atoms with Crippen LogP contribution in [0.3, 0.4) is 0 Å². The highest BCUT2D eigenvalue weighted by Crippen LogP contribution is 2.44. The summed E-state index contributed by atoms with van der Waals surface area (Å²) in [4.78, 5) is 11.0. The predicted octanol–water partition coefficient (Wildman–Crippen LogP) is 2.45. The fourth-order valence-corrected chi connectivity index (χ4v) is 3.03. The maximum Gasteiger partial charge on any atom is 0.243 e. The molecule has 0 unspecified atom stereocenters. The molecule has 0 atom stereocenters. The minimum Gasteiger partial charge on any atom is -0.493 e. The average molecular weight is 443 g/mol. The molecule has 10 nitrogen and oxygen atoms in total. The van der Waals surface area contributed by atoms with Gasteiger partial charge >= 0.3 is 0 Å². The Kier molecular flexibility index (Phi) is 7.01. The fourth-order valence-electron chi connectivity index (χ4n) is 3.03. The third-order valence-electron chi connectivity index (χ3n) is 4.53. The van der Waals surface area contributed by atoms with Gasteiger partial charge in [-0.2, -0.15) is 0 Å². The van der Waals surface area contributed by atoms with E-state index in [-0.39, 0.29) is 11.5 Å². The van der Waals surface area contributed by atoms with Crippen molar-refractivity contribution in [3.63, 3.8) is 0 Å². The molecule has 2 aromatic carbocycles. The zero-order chi connectivity index (χ0) is 23.3. The maximum atomic E-state index is 11.0. The van der Waals surface area contributed by atoms with Crippen molar-refractivity contribution < 1.29 is 43.2 Å². The van der Waals surface area contributed by atoms with E-state index in [4.69, 9.17) is 28.2 Å². The normalized spacial score (nSPS) is 10.5. The summed E-state index contributed by atoms with van der Waals surface area (Å²) in [7, 11) is 5.92. The lowest BCUT2D eigenvalue weighted by Crippen LogP contribution is -2.15. The van der Waals surface area contributed by atoms with E-state index in [1.165, 1.54) is 46.6 Å². The Morgan fingerprint density at radius 3 is 2.06 bits per heavy atom. The third kappa shape index (κ3) is 4.37. The number of nitrogens with zero attached hydrogens (tertiary/aromatic N) is 1. The van der Waals surface area contributed by atoms with Gasteiger partial charge in [0.15, 0.2) is 34.7 Å². The van der Waals surface area contributed by atoms with E-state index in [0.29, 0.717) is 39.7 Å². The first kappa shape index (κ1) is 22.7. The zero-order valence-electron chi connectivity index (χ0n) is 17.7. The first-order chi connectivity index (χ1) is 15.5. The second-order valence-corrected chi connectivity index (χ2v) is 6.29.